The largest absolute Gasteiger partial charge is 0.429 e. The fraction of sp³-hybridized carbons (Fsp3) is 0.152. The second-order valence-electron chi connectivity index (χ2n) is 9.98. The molecule has 0 aliphatic carbocycles. The van der Waals surface area contributed by atoms with Gasteiger partial charge in [-0.15, -0.1) is 0 Å². The van der Waals surface area contributed by atoms with Gasteiger partial charge in [-0.25, -0.2) is 22.0 Å². The summed E-state index contributed by atoms with van der Waals surface area (Å²) in [6, 6.07) is 16.7. The number of hydrogen-bond acceptors (Lipinski definition) is 1. The summed E-state index contributed by atoms with van der Waals surface area (Å²) in [4.78, 5) is 0. The molecule has 228 valence electrons. The molecule has 0 N–H and O–H groups in total. The summed E-state index contributed by atoms with van der Waals surface area (Å²) >= 11 is 0. The maximum absolute atomic E-state index is 15.5. The second kappa shape index (κ2) is 11.5. The number of halogens is 10. The molecule has 0 saturated heterocycles. The van der Waals surface area contributed by atoms with Crippen LogP contribution in [0.2, 0.25) is 0 Å². The smallest absolute Gasteiger partial charge is 0.429 e. The van der Waals surface area contributed by atoms with E-state index in [1.807, 2.05) is 24.3 Å². The number of fused-ring (bicyclic) bond motifs is 1. The van der Waals surface area contributed by atoms with Gasteiger partial charge in [0.15, 0.2) is 11.6 Å². The SMILES string of the molecule is CCCc1ccc(-c2ccc(-c3ccc4cc(C(F)(F)Oc5cc(F)c(C(F)(F)F)c(F)c5)c(F)c(F)c4c3F)cc2)cc1. The van der Waals surface area contributed by atoms with Crippen LogP contribution < -0.4 is 4.74 Å². The van der Waals surface area contributed by atoms with E-state index in [1.165, 1.54) is 11.6 Å². The zero-order valence-electron chi connectivity index (χ0n) is 22.6. The number of alkyl halides is 5. The third-order valence-electron chi connectivity index (χ3n) is 7.00. The highest BCUT2D eigenvalue weighted by Gasteiger charge is 2.42. The van der Waals surface area contributed by atoms with E-state index in [4.69, 9.17) is 0 Å². The lowest BCUT2D eigenvalue weighted by molar-refractivity contribution is -0.187. The summed E-state index contributed by atoms with van der Waals surface area (Å²) in [5, 5.41) is -1.45. The van der Waals surface area contributed by atoms with Gasteiger partial charge in [-0.05, 0) is 40.1 Å². The van der Waals surface area contributed by atoms with Gasteiger partial charge in [-0.1, -0.05) is 74.0 Å². The molecule has 5 rings (SSSR count). The summed E-state index contributed by atoms with van der Waals surface area (Å²) < 4.78 is 146. The third kappa shape index (κ3) is 5.82. The first-order chi connectivity index (χ1) is 20.7. The van der Waals surface area contributed by atoms with Crippen molar-refractivity contribution in [1.82, 2.24) is 0 Å². The Morgan fingerprint density at radius 3 is 1.70 bits per heavy atom. The van der Waals surface area contributed by atoms with Crippen LogP contribution in [0.15, 0.2) is 78.9 Å². The Labute approximate surface area is 244 Å². The number of rotatable bonds is 7. The fourth-order valence-corrected chi connectivity index (χ4v) is 4.89. The van der Waals surface area contributed by atoms with Gasteiger partial charge < -0.3 is 4.74 Å². The van der Waals surface area contributed by atoms with E-state index in [0.29, 0.717) is 11.6 Å². The van der Waals surface area contributed by atoms with Crippen molar-refractivity contribution < 1.29 is 48.6 Å². The maximum atomic E-state index is 15.5. The minimum atomic E-state index is -5.48. The first-order valence-corrected chi connectivity index (χ1v) is 13.1. The van der Waals surface area contributed by atoms with Gasteiger partial charge in [-0.2, -0.15) is 22.0 Å². The highest BCUT2D eigenvalue weighted by Crippen LogP contribution is 2.41. The van der Waals surface area contributed by atoms with Crippen molar-refractivity contribution in [2.24, 2.45) is 0 Å². The molecule has 0 bridgehead atoms. The average molecular weight is 623 g/mol. The van der Waals surface area contributed by atoms with Crippen molar-refractivity contribution in [2.45, 2.75) is 32.1 Å². The van der Waals surface area contributed by atoms with E-state index in [9.17, 15) is 35.1 Å². The first-order valence-electron chi connectivity index (χ1n) is 13.1. The summed E-state index contributed by atoms with van der Waals surface area (Å²) in [6.45, 7) is 2.07. The fourth-order valence-electron chi connectivity index (χ4n) is 4.89. The standard InChI is InChI=1S/C33H20F10O/c1-2-3-17-4-6-18(7-5-17)19-8-10-20(11-9-19)23-13-12-21-14-24(30(37)31(38)27(21)29(23)36)33(42,43)44-22-15-25(34)28(26(35)16-22)32(39,40)41/h4-16H,2-3H2,1H3. The van der Waals surface area contributed by atoms with Crippen molar-refractivity contribution >= 4 is 10.8 Å². The highest BCUT2D eigenvalue weighted by molar-refractivity contribution is 5.90. The topological polar surface area (TPSA) is 9.23 Å². The quantitative estimate of drug-likeness (QED) is 0.164. The molecule has 0 heterocycles. The summed E-state index contributed by atoms with van der Waals surface area (Å²) in [7, 11) is 0. The molecule has 0 radical (unpaired) electrons. The molecule has 1 nitrogen and oxygen atoms in total. The van der Waals surface area contributed by atoms with E-state index in [2.05, 4.69) is 11.7 Å². The summed E-state index contributed by atoms with van der Waals surface area (Å²) in [6.07, 6.45) is -8.38. The van der Waals surface area contributed by atoms with Gasteiger partial charge in [-0.3, -0.25) is 0 Å². The van der Waals surface area contributed by atoms with Gasteiger partial charge >= 0.3 is 12.3 Å². The molecule has 0 saturated carbocycles. The Kier molecular flexibility index (Phi) is 8.09. The lowest BCUT2D eigenvalue weighted by Gasteiger charge is -2.21. The normalized spacial score (nSPS) is 12.2. The van der Waals surface area contributed by atoms with Crippen LogP contribution in [0.4, 0.5) is 43.9 Å². The van der Waals surface area contributed by atoms with Crippen LogP contribution in [0, 0.1) is 29.1 Å². The molecule has 11 heteroatoms. The molecule has 0 amide bonds. The van der Waals surface area contributed by atoms with Crippen LogP contribution in [0.1, 0.15) is 30.0 Å². The van der Waals surface area contributed by atoms with Crippen LogP contribution >= 0.6 is 0 Å². The van der Waals surface area contributed by atoms with Crippen molar-refractivity contribution in [3.63, 3.8) is 0 Å². The van der Waals surface area contributed by atoms with Crippen LogP contribution in [-0.2, 0) is 18.7 Å². The van der Waals surface area contributed by atoms with E-state index in [1.54, 1.807) is 24.3 Å². The van der Waals surface area contributed by atoms with Gasteiger partial charge in [0.25, 0.3) is 0 Å². The summed E-state index contributed by atoms with van der Waals surface area (Å²) in [5.41, 5.74) is -1.08. The molecule has 5 aromatic carbocycles. The molecule has 0 unspecified atom stereocenters. The lowest BCUT2D eigenvalue weighted by Crippen LogP contribution is -2.24. The molecule has 5 aromatic rings. The Morgan fingerprint density at radius 2 is 1.16 bits per heavy atom. The minimum absolute atomic E-state index is 0.146. The molecule has 0 aromatic heterocycles. The number of aryl methyl sites for hydroxylation is 1. The Bertz CT molecular complexity index is 1820. The third-order valence-corrected chi connectivity index (χ3v) is 7.00. The second-order valence-corrected chi connectivity index (χ2v) is 9.98. The molecule has 0 atom stereocenters. The number of ether oxygens (including phenoxy) is 1. The van der Waals surface area contributed by atoms with E-state index < -0.39 is 69.0 Å². The molecule has 0 spiro atoms. The van der Waals surface area contributed by atoms with Gasteiger partial charge in [0.2, 0.25) is 0 Å². The average Bonchev–Trinajstić information content (AvgIpc) is 2.94. The Balaban J connectivity index is 1.47. The monoisotopic (exact) mass is 622 g/mol. The van der Waals surface area contributed by atoms with Gasteiger partial charge in [0, 0.05) is 17.7 Å². The van der Waals surface area contributed by atoms with Crippen molar-refractivity contribution in [3.05, 3.63) is 125 Å². The summed E-state index contributed by atoms with van der Waals surface area (Å²) in [5.74, 6) is -11.4. The van der Waals surface area contributed by atoms with Crippen LogP contribution in [0.5, 0.6) is 5.75 Å². The predicted octanol–water partition coefficient (Wildman–Crippen LogP) is 11.0. The lowest BCUT2D eigenvalue weighted by atomic mass is 9.96. The maximum Gasteiger partial charge on any atom is 0.429 e. The van der Waals surface area contributed by atoms with E-state index in [0.717, 1.165) is 30.0 Å². The molecule has 0 fully saturated rings. The van der Waals surface area contributed by atoms with Crippen molar-refractivity contribution in [3.8, 4) is 28.0 Å². The van der Waals surface area contributed by atoms with Gasteiger partial charge in [0.05, 0.1) is 5.39 Å². The van der Waals surface area contributed by atoms with E-state index in [-0.39, 0.29) is 17.7 Å². The van der Waals surface area contributed by atoms with Crippen LogP contribution in [0.25, 0.3) is 33.0 Å². The predicted molar refractivity (Wildman–Crippen MR) is 145 cm³/mol. The van der Waals surface area contributed by atoms with E-state index >= 15 is 8.78 Å². The molecular formula is C33H20F10O. The zero-order chi connectivity index (χ0) is 32.0. The first kappa shape index (κ1) is 30.9. The van der Waals surface area contributed by atoms with Crippen molar-refractivity contribution in [2.75, 3.05) is 0 Å². The number of benzene rings is 5. The molecule has 0 aliphatic heterocycles. The highest BCUT2D eigenvalue weighted by atomic mass is 19.4. The molecule has 44 heavy (non-hydrogen) atoms. The zero-order valence-corrected chi connectivity index (χ0v) is 22.6. The number of hydrogen-bond donors (Lipinski definition) is 0. The van der Waals surface area contributed by atoms with Crippen molar-refractivity contribution in [1.29, 1.82) is 0 Å². The molecular weight excluding hydrogens is 602 g/mol. The van der Waals surface area contributed by atoms with Crippen LogP contribution in [-0.4, -0.2) is 0 Å². The molecule has 0 aliphatic rings. The minimum Gasteiger partial charge on any atom is -0.429 e. The Morgan fingerprint density at radius 1 is 0.614 bits per heavy atom. The Hall–Kier alpha value is -4.54. The van der Waals surface area contributed by atoms with Crippen LogP contribution in [0.3, 0.4) is 0 Å². The van der Waals surface area contributed by atoms with Gasteiger partial charge in [0.1, 0.15) is 34.3 Å².